The Morgan fingerprint density at radius 2 is 2.05 bits per heavy atom. The van der Waals surface area contributed by atoms with Crippen molar-refractivity contribution in [1.82, 2.24) is 24.7 Å². The number of nitrogens with zero attached hydrogens (tertiary/aromatic N) is 5. The van der Waals surface area contributed by atoms with Gasteiger partial charge in [-0.25, -0.2) is 9.97 Å². The van der Waals surface area contributed by atoms with Crippen LogP contribution in [0.5, 0.6) is 0 Å². The summed E-state index contributed by atoms with van der Waals surface area (Å²) in [5, 5.41) is 10.8. The van der Waals surface area contributed by atoms with Gasteiger partial charge in [0.2, 0.25) is 0 Å². The molecule has 2 heterocycles. The van der Waals surface area contributed by atoms with Gasteiger partial charge in [0.05, 0.1) is 3.57 Å². The van der Waals surface area contributed by atoms with E-state index in [2.05, 4.69) is 47.3 Å². The molecule has 19 heavy (non-hydrogen) atoms. The topological polar surface area (TPSA) is 56.5 Å². The van der Waals surface area contributed by atoms with Gasteiger partial charge >= 0.3 is 0 Å². The summed E-state index contributed by atoms with van der Waals surface area (Å²) in [6, 6.07) is 0.618. The molecule has 4 rings (SSSR count). The predicted molar refractivity (Wildman–Crippen MR) is 79.1 cm³/mol. The van der Waals surface area contributed by atoms with E-state index >= 15 is 0 Å². The first-order valence-electron chi connectivity index (χ1n) is 6.41. The molecule has 2 aliphatic carbocycles. The number of hydrogen-bond acceptors (Lipinski definition) is 5. The fourth-order valence-electron chi connectivity index (χ4n) is 2.12. The van der Waals surface area contributed by atoms with Gasteiger partial charge in [0.1, 0.15) is 17.2 Å². The summed E-state index contributed by atoms with van der Waals surface area (Å²) in [6.07, 6.45) is 8.46. The SMILES string of the molecule is Ic1cncnc1Sc1nnc(C2CC2)n1C1CC1. The molecule has 0 radical (unpaired) electrons. The number of rotatable bonds is 4. The van der Waals surface area contributed by atoms with Crippen LogP contribution in [-0.4, -0.2) is 24.7 Å². The number of halogens is 1. The summed E-state index contributed by atoms with van der Waals surface area (Å²) < 4.78 is 3.41. The highest BCUT2D eigenvalue weighted by molar-refractivity contribution is 14.1. The van der Waals surface area contributed by atoms with Gasteiger partial charge in [0.25, 0.3) is 0 Å². The molecule has 7 heteroatoms. The van der Waals surface area contributed by atoms with E-state index in [1.807, 2.05) is 6.20 Å². The normalized spacial score (nSPS) is 18.8. The second-order valence-electron chi connectivity index (χ2n) is 4.99. The van der Waals surface area contributed by atoms with Crippen LogP contribution in [0.1, 0.15) is 43.5 Å². The molecule has 0 N–H and O–H groups in total. The molecule has 0 spiro atoms. The van der Waals surface area contributed by atoms with E-state index < -0.39 is 0 Å². The van der Waals surface area contributed by atoms with E-state index in [-0.39, 0.29) is 0 Å². The van der Waals surface area contributed by atoms with Gasteiger partial charge in [-0.15, -0.1) is 10.2 Å². The lowest BCUT2D eigenvalue weighted by Gasteiger charge is -2.07. The third-order valence-corrected chi connectivity index (χ3v) is 5.50. The maximum absolute atomic E-state index is 4.41. The molecule has 0 aromatic carbocycles. The molecular weight excluding hydrogens is 373 g/mol. The zero-order valence-electron chi connectivity index (χ0n) is 10.2. The van der Waals surface area contributed by atoms with Crippen molar-refractivity contribution in [3.63, 3.8) is 0 Å². The van der Waals surface area contributed by atoms with Crippen molar-refractivity contribution in [2.75, 3.05) is 0 Å². The molecule has 98 valence electrons. The van der Waals surface area contributed by atoms with E-state index in [1.54, 1.807) is 18.1 Å². The highest BCUT2D eigenvalue weighted by Gasteiger charge is 2.36. The van der Waals surface area contributed by atoms with Crippen LogP contribution >= 0.6 is 34.4 Å². The minimum atomic E-state index is 0.618. The van der Waals surface area contributed by atoms with Crippen molar-refractivity contribution in [2.45, 2.75) is 47.8 Å². The summed E-state index contributed by atoms with van der Waals surface area (Å²) in [5.74, 6) is 1.83. The molecule has 2 saturated carbocycles. The fraction of sp³-hybridized carbons (Fsp3) is 0.500. The Morgan fingerprint density at radius 1 is 1.21 bits per heavy atom. The Morgan fingerprint density at radius 3 is 2.74 bits per heavy atom. The van der Waals surface area contributed by atoms with Crippen LogP contribution in [0.3, 0.4) is 0 Å². The van der Waals surface area contributed by atoms with Crippen LogP contribution in [0.2, 0.25) is 0 Å². The zero-order chi connectivity index (χ0) is 12.8. The Bertz CT molecular complexity index is 620. The molecule has 0 bridgehead atoms. The lowest BCUT2D eigenvalue weighted by Crippen LogP contribution is -2.02. The summed E-state index contributed by atoms with van der Waals surface area (Å²) in [7, 11) is 0. The molecule has 0 saturated heterocycles. The van der Waals surface area contributed by atoms with E-state index in [0.717, 1.165) is 13.8 Å². The number of hydrogen-bond donors (Lipinski definition) is 0. The Hall–Kier alpha value is -0.700. The molecule has 0 unspecified atom stereocenters. The van der Waals surface area contributed by atoms with Crippen LogP contribution in [0.4, 0.5) is 0 Å². The monoisotopic (exact) mass is 385 g/mol. The Kier molecular flexibility index (Phi) is 2.98. The van der Waals surface area contributed by atoms with Crippen LogP contribution < -0.4 is 0 Å². The average Bonchev–Trinajstić information content (AvgIpc) is 3.32. The molecule has 5 nitrogen and oxygen atoms in total. The highest BCUT2D eigenvalue weighted by atomic mass is 127. The predicted octanol–water partition coefficient (Wildman–Crippen LogP) is 3.04. The smallest absolute Gasteiger partial charge is 0.197 e. The highest BCUT2D eigenvalue weighted by Crippen LogP contribution is 2.46. The van der Waals surface area contributed by atoms with Crippen molar-refractivity contribution in [1.29, 1.82) is 0 Å². The first-order valence-corrected chi connectivity index (χ1v) is 8.30. The van der Waals surface area contributed by atoms with E-state index in [1.165, 1.54) is 31.5 Å². The van der Waals surface area contributed by atoms with Crippen molar-refractivity contribution >= 4 is 34.4 Å². The lowest BCUT2D eigenvalue weighted by molar-refractivity contribution is 0.626. The van der Waals surface area contributed by atoms with Gasteiger partial charge in [-0.1, -0.05) is 0 Å². The van der Waals surface area contributed by atoms with Gasteiger partial charge in [-0.3, -0.25) is 0 Å². The quantitative estimate of drug-likeness (QED) is 0.598. The van der Waals surface area contributed by atoms with Crippen LogP contribution in [0, 0.1) is 3.57 Å². The molecule has 0 aliphatic heterocycles. The van der Waals surface area contributed by atoms with Crippen molar-refractivity contribution < 1.29 is 0 Å². The molecular formula is C12H12IN5S. The minimum Gasteiger partial charge on any atom is -0.302 e. The van der Waals surface area contributed by atoms with Crippen LogP contribution in [-0.2, 0) is 0 Å². The summed E-state index contributed by atoms with van der Waals surface area (Å²) in [5.41, 5.74) is 0. The van der Waals surface area contributed by atoms with Gasteiger partial charge < -0.3 is 4.57 Å². The largest absolute Gasteiger partial charge is 0.302 e. The maximum atomic E-state index is 4.41. The van der Waals surface area contributed by atoms with E-state index in [0.29, 0.717) is 12.0 Å². The minimum absolute atomic E-state index is 0.618. The molecule has 2 fully saturated rings. The summed E-state index contributed by atoms with van der Waals surface area (Å²) >= 11 is 3.87. The fourth-order valence-corrected chi connectivity index (χ4v) is 3.59. The molecule has 2 aromatic heterocycles. The Labute approximate surface area is 128 Å². The van der Waals surface area contributed by atoms with Crippen molar-refractivity contribution in [3.8, 4) is 0 Å². The molecule has 2 aromatic rings. The zero-order valence-corrected chi connectivity index (χ0v) is 13.1. The summed E-state index contributed by atoms with van der Waals surface area (Å²) in [6.45, 7) is 0. The average molecular weight is 385 g/mol. The molecule has 0 atom stereocenters. The standard InChI is InChI=1S/C12H12IN5S/c13-9-5-14-6-15-11(9)19-12-17-16-10(7-1-2-7)18(12)8-3-4-8/h5-8H,1-4H2. The van der Waals surface area contributed by atoms with Gasteiger partial charge in [-0.05, 0) is 60.0 Å². The lowest BCUT2D eigenvalue weighted by atomic mass is 10.4. The molecule has 0 amide bonds. The maximum Gasteiger partial charge on any atom is 0.197 e. The van der Waals surface area contributed by atoms with Crippen LogP contribution in [0.15, 0.2) is 22.7 Å². The summed E-state index contributed by atoms with van der Waals surface area (Å²) in [4.78, 5) is 8.35. The third kappa shape index (κ3) is 2.37. The van der Waals surface area contributed by atoms with Crippen molar-refractivity contribution in [3.05, 3.63) is 21.9 Å². The van der Waals surface area contributed by atoms with Crippen LogP contribution in [0.25, 0.3) is 0 Å². The number of aromatic nitrogens is 5. The first-order chi connectivity index (χ1) is 9.33. The van der Waals surface area contributed by atoms with Gasteiger partial charge in [-0.2, -0.15) is 0 Å². The second-order valence-corrected chi connectivity index (χ2v) is 7.11. The first kappa shape index (κ1) is 12.1. The van der Waals surface area contributed by atoms with E-state index in [4.69, 9.17) is 0 Å². The third-order valence-electron chi connectivity index (χ3n) is 3.37. The second kappa shape index (κ2) is 4.69. The van der Waals surface area contributed by atoms with Gasteiger partial charge in [0, 0.05) is 18.2 Å². The van der Waals surface area contributed by atoms with Crippen molar-refractivity contribution in [2.24, 2.45) is 0 Å². The van der Waals surface area contributed by atoms with E-state index in [9.17, 15) is 0 Å². The Balaban J connectivity index is 1.69. The van der Waals surface area contributed by atoms with Gasteiger partial charge in [0.15, 0.2) is 5.16 Å². The molecule has 2 aliphatic rings.